The van der Waals surface area contributed by atoms with Crippen molar-refractivity contribution in [2.45, 2.75) is 45.3 Å². The minimum atomic E-state index is -0.461. The van der Waals surface area contributed by atoms with Crippen molar-refractivity contribution < 1.29 is 9.53 Å². The zero-order valence-corrected chi connectivity index (χ0v) is 13.1. The van der Waals surface area contributed by atoms with Crippen LogP contribution in [0.5, 0.6) is 0 Å². The van der Waals surface area contributed by atoms with E-state index in [1.807, 2.05) is 32.9 Å². The molecule has 1 aromatic rings. The number of nitrogens with zero attached hydrogens (tertiary/aromatic N) is 2. The molecular weight excluding hydrogens is 308 g/mol. The lowest BCUT2D eigenvalue weighted by atomic mass is 10.1. The van der Waals surface area contributed by atoms with Crippen LogP contribution in [0, 0.1) is 0 Å². The van der Waals surface area contributed by atoms with Crippen molar-refractivity contribution in [1.82, 2.24) is 9.88 Å². The summed E-state index contributed by atoms with van der Waals surface area (Å²) in [7, 11) is 0. The number of hydrogen-bond acceptors (Lipinski definition) is 3. The highest BCUT2D eigenvalue weighted by atomic mass is 79.9. The summed E-state index contributed by atoms with van der Waals surface area (Å²) in [6.07, 6.45) is 3.44. The smallest absolute Gasteiger partial charge is 0.410 e. The highest BCUT2D eigenvalue weighted by Gasteiger charge is 2.33. The number of likely N-dealkylation sites (tertiary alicyclic amines) is 1. The summed E-state index contributed by atoms with van der Waals surface area (Å²) in [5.74, 6) is 0. The number of halogens is 1. The molecule has 0 aromatic carbocycles. The lowest BCUT2D eigenvalue weighted by Crippen LogP contribution is -2.36. The lowest BCUT2D eigenvalue weighted by molar-refractivity contribution is 0.0221. The van der Waals surface area contributed by atoms with Crippen molar-refractivity contribution in [2.24, 2.45) is 0 Å². The number of carbonyl (C=O) groups excluding carboxylic acids is 1. The number of rotatable bonds is 1. The third-order valence-electron chi connectivity index (χ3n) is 2.97. The van der Waals surface area contributed by atoms with E-state index in [1.54, 1.807) is 11.1 Å². The molecule has 1 fully saturated rings. The van der Waals surface area contributed by atoms with Crippen LogP contribution in [0.2, 0.25) is 0 Å². The number of ether oxygens (including phenoxy) is 1. The van der Waals surface area contributed by atoms with Crippen molar-refractivity contribution >= 4 is 22.0 Å². The Balaban J connectivity index is 2.12. The summed E-state index contributed by atoms with van der Waals surface area (Å²) < 4.78 is 6.39. The van der Waals surface area contributed by atoms with Crippen LogP contribution in [0.3, 0.4) is 0 Å². The van der Waals surface area contributed by atoms with E-state index in [4.69, 9.17) is 4.74 Å². The molecule has 1 aliphatic rings. The van der Waals surface area contributed by atoms with E-state index in [0.717, 1.165) is 29.6 Å². The molecule has 0 unspecified atom stereocenters. The minimum absolute atomic E-state index is 0.0305. The molecule has 104 valence electrons. The fourth-order valence-electron chi connectivity index (χ4n) is 2.20. The first-order valence-corrected chi connectivity index (χ1v) is 7.27. The van der Waals surface area contributed by atoms with Crippen LogP contribution in [-0.4, -0.2) is 28.1 Å². The molecule has 0 saturated carbocycles. The van der Waals surface area contributed by atoms with Gasteiger partial charge in [-0.05, 0) is 61.7 Å². The van der Waals surface area contributed by atoms with E-state index in [9.17, 15) is 4.79 Å². The molecule has 0 N–H and O–H groups in total. The van der Waals surface area contributed by atoms with E-state index < -0.39 is 5.60 Å². The highest BCUT2D eigenvalue weighted by molar-refractivity contribution is 9.10. The van der Waals surface area contributed by atoms with Gasteiger partial charge < -0.3 is 4.74 Å². The van der Waals surface area contributed by atoms with Gasteiger partial charge in [0.05, 0.1) is 11.7 Å². The van der Waals surface area contributed by atoms with Gasteiger partial charge in [-0.2, -0.15) is 0 Å². The first-order chi connectivity index (χ1) is 8.87. The maximum atomic E-state index is 12.2. The summed E-state index contributed by atoms with van der Waals surface area (Å²) in [6, 6.07) is 3.94. The summed E-state index contributed by atoms with van der Waals surface area (Å²) in [5, 5.41) is 0. The van der Waals surface area contributed by atoms with Gasteiger partial charge in [-0.3, -0.25) is 9.88 Å². The third-order valence-corrected chi connectivity index (χ3v) is 3.44. The second kappa shape index (κ2) is 5.49. The normalized spacial score (nSPS) is 19.6. The highest BCUT2D eigenvalue weighted by Crippen LogP contribution is 2.32. The quantitative estimate of drug-likeness (QED) is 0.785. The van der Waals surface area contributed by atoms with Gasteiger partial charge in [-0.25, -0.2) is 4.79 Å². The lowest BCUT2D eigenvalue weighted by Gasteiger charge is -2.28. The van der Waals surface area contributed by atoms with Crippen molar-refractivity contribution in [3.05, 3.63) is 28.5 Å². The molecule has 2 rings (SSSR count). The van der Waals surface area contributed by atoms with E-state index in [0.29, 0.717) is 0 Å². The second-order valence-corrected chi connectivity index (χ2v) is 6.65. The molecule has 0 radical (unpaired) electrons. The fourth-order valence-corrected chi connectivity index (χ4v) is 2.43. The topological polar surface area (TPSA) is 42.4 Å². The van der Waals surface area contributed by atoms with Gasteiger partial charge in [0.15, 0.2) is 0 Å². The molecule has 0 bridgehead atoms. The minimum Gasteiger partial charge on any atom is -0.444 e. The van der Waals surface area contributed by atoms with Gasteiger partial charge in [0.2, 0.25) is 0 Å². The Morgan fingerprint density at radius 2 is 2.21 bits per heavy atom. The van der Waals surface area contributed by atoms with Crippen molar-refractivity contribution in [3.63, 3.8) is 0 Å². The van der Waals surface area contributed by atoms with Gasteiger partial charge in [0.1, 0.15) is 5.60 Å². The average Bonchev–Trinajstić information content (AvgIpc) is 2.76. The van der Waals surface area contributed by atoms with E-state index >= 15 is 0 Å². The van der Waals surface area contributed by atoms with Gasteiger partial charge >= 0.3 is 6.09 Å². The number of hydrogen-bond donors (Lipinski definition) is 0. The van der Waals surface area contributed by atoms with Gasteiger partial charge in [-0.1, -0.05) is 0 Å². The van der Waals surface area contributed by atoms with Crippen LogP contribution in [-0.2, 0) is 4.74 Å². The van der Waals surface area contributed by atoms with Crippen molar-refractivity contribution in [2.75, 3.05) is 6.54 Å². The molecule has 4 nitrogen and oxygen atoms in total. The molecule has 1 saturated heterocycles. The number of amides is 1. The number of pyridine rings is 1. The maximum absolute atomic E-state index is 12.2. The number of aromatic nitrogens is 1. The van der Waals surface area contributed by atoms with Crippen LogP contribution in [0.1, 0.15) is 45.3 Å². The maximum Gasteiger partial charge on any atom is 0.410 e. The standard InChI is InChI=1S/C14H19BrN2O2/c1-14(2,3)19-13(18)17-8-4-5-12(17)11-7-6-10(15)9-16-11/h6-7,9,12H,4-5,8H2,1-3H3/t12-/m1/s1. The van der Waals surface area contributed by atoms with E-state index in [2.05, 4.69) is 20.9 Å². The fraction of sp³-hybridized carbons (Fsp3) is 0.571. The molecule has 1 aromatic heterocycles. The average molecular weight is 327 g/mol. The van der Waals surface area contributed by atoms with Crippen LogP contribution in [0.25, 0.3) is 0 Å². The van der Waals surface area contributed by atoms with Crippen LogP contribution >= 0.6 is 15.9 Å². The van der Waals surface area contributed by atoms with Crippen molar-refractivity contribution in [3.8, 4) is 0 Å². The Morgan fingerprint density at radius 1 is 1.47 bits per heavy atom. The summed E-state index contributed by atoms with van der Waals surface area (Å²) in [6.45, 7) is 6.38. The Bertz CT molecular complexity index is 454. The largest absolute Gasteiger partial charge is 0.444 e. The molecule has 5 heteroatoms. The molecule has 1 atom stereocenters. The summed E-state index contributed by atoms with van der Waals surface area (Å²) in [5.41, 5.74) is 0.462. The Morgan fingerprint density at radius 3 is 2.79 bits per heavy atom. The zero-order chi connectivity index (χ0) is 14.0. The first-order valence-electron chi connectivity index (χ1n) is 6.48. The van der Waals surface area contributed by atoms with Crippen LogP contribution < -0.4 is 0 Å². The molecule has 1 amide bonds. The Hall–Kier alpha value is -1.10. The van der Waals surface area contributed by atoms with E-state index in [-0.39, 0.29) is 12.1 Å². The summed E-state index contributed by atoms with van der Waals surface area (Å²) in [4.78, 5) is 18.4. The Kier molecular flexibility index (Phi) is 4.13. The predicted octanol–water partition coefficient (Wildman–Crippen LogP) is 3.92. The first kappa shape index (κ1) is 14.3. The SMILES string of the molecule is CC(C)(C)OC(=O)N1CCC[C@@H]1c1ccc(Br)cn1. The van der Waals surface area contributed by atoms with E-state index in [1.165, 1.54) is 0 Å². The number of carbonyl (C=O) groups is 1. The van der Waals surface area contributed by atoms with Gasteiger partial charge in [-0.15, -0.1) is 0 Å². The Labute approximate surface area is 122 Å². The summed E-state index contributed by atoms with van der Waals surface area (Å²) >= 11 is 3.37. The van der Waals surface area contributed by atoms with Crippen LogP contribution in [0.4, 0.5) is 4.79 Å². The molecule has 2 heterocycles. The second-order valence-electron chi connectivity index (χ2n) is 5.73. The van der Waals surface area contributed by atoms with Crippen molar-refractivity contribution in [1.29, 1.82) is 0 Å². The molecule has 1 aliphatic heterocycles. The predicted molar refractivity (Wildman–Crippen MR) is 76.9 cm³/mol. The molecule has 0 spiro atoms. The zero-order valence-electron chi connectivity index (χ0n) is 11.5. The molecule has 19 heavy (non-hydrogen) atoms. The van der Waals surface area contributed by atoms with Gasteiger partial charge in [0.25, 0.3) is 0 Å². The van der Waals surface area contributed by atoms with Crippen LogP contribution in [0.15, 0.2) is 22.8 Å². The monoisotopic (exact) mass is 326 g/mol. The van der Waals surface area contributed by atoms with Gasteiger partial charge in [0, 0.05) is 17.2 Å². The molecule has 0 aliphatic carbocycles. The molecular formula is C14H19BrN2O2. The third kappa shape index (κ3) is 3.69.